The number of aliphatic carboxylic acids is 1. The second-order valence-electron chi connectivity index (χ2n) is 15.0. The predicted octanol–water partition coefficient (Wildman–Crippen LogP) is -0.956. The molecule has 11 N–H and O–H groups in total. The number of nitrogens with zero attached hydrogens (tertiary/aromatic N) is 1. The zero-order valence-corrected chi connectivity index (χ0v) is 38.6. The van der Waals surface area contributed by atoms with Crippen molar-refractivity contribution in [2.75, 3.05) is 49.6 Å². The van der Waals surface area contributed by atoms with Gasteiger partial charge in [0, 0.05) is 43.2 Å². The molecule has 1 aliphatic heterocycles. The van der Waals surface area contributed by atoms with Gasteiger partial charge in [0.2, 0.25) is 27.7 Å². The third-order valence-electron chi connectivity index (χ3n) is 9.53. The van der Waals surface area contributed by atoms with E-state index >= 15 is 0 Å². The fraction of sp³-hybridized carbons (Fsp3) is 0.474. The average Bonchev–Trinajstić information content (AvgIpc) is 3.69. The van der Waals surface area contributed by atoms with Gasteiger partial charge in [-0.25, -0.2) is 13.4 Å². The van der Waals surface area contributed by atoms with E-state index in [1.807, 2.05) is 17.4 Å². The number of sulfonamides is 1. The number of aryl methyl sites for hydroxylation is 5. The van der Waals surface area contributed by atoms with Gasteiger partial charge in [0.1, 0.15) is 35.4 Å². The molecule has 3 atom stereocenters. The third kappa shape index (κ3) is 17.2. The first-order valence-electron chi connectivity index (χ1n) is 20.0. The van der Waals surface area contributed by atoms with E-state index < -0.39 is 96.0 Å². The van der Waals surface area contributed by atoms with Gasteiger partial charge in [-0.1, -0.05) is 6.07 Å². The van der Waals surface area contributed by atoms with E-state index in [1.165, 1.54) is 42.9 Å². The normalized spacial score (nSPS) is 14.2. The number of thiophene rings is 1. The fourth-order valence-corrected chi connectivity index (χ4v) is 10.3. The number of ether oxygens (including phenoxy) is 1. The lowest BCUT2D eigenvalue weighted by molar-refractivity contribution is -0.138. The van der Waals surface area contributed by atoms with Crippen molar-refractivity contribution in [3.8, 4) is 5.75 Å². The number of carboxylic acids is 1. The van der Waals surface area contributed by atoms with Crippen LogP contribution in [0.15, 0.2) is 41.3 Å². The first-order chi connectivity index (χ1) is 30.4. The average molecular weight is 989 g/mol. The summed E-state index contributed by atoms with van der Waals surface area (Å²) in [6.07, 6.45) is 3.48. The molecule has 1 aliphatic rings. The third-order valence-corrected chi connectivity index (χ3v) is 14.0. The van der Waals surface area contributed by atoms with Gasteiger partial charge < -0.3 is 42.2 Å². The van der Waals surface area contributed by atoms with Crippen LogP contribution in [0.2, 0.25) is 0 Å². The van der Waals surface area contributed by atoms with Crippen molar-refractivity contribution in [2.24, 2.45) is 5.73 Å². The molecule has 0 aliphatic carbocycles. The molecule has 4 rings (SSSR count). The summed E-state index contributed by atoms with van der Waals surface area (Å²) in [6.45, 7) is 2.92. The maximum absolute atomic E-state index is 13.5. The molecular weight excluding hydrogens is 937 g/mol. The number of rotatable bonds is 25. The Labute approximate surface area is 379 Å². The summed E-state index contributed by atoms with van der Waals surface area (Å²) in [4.78, 5) is 67.8. The maximum atomic E-state index is 13.5. The number of benzene rings is 1. The van der Waals surface area contributed by atoms with Gasteiger partial charge >= 0.3 is 5.97 Å². The van der Waals surface area contributed by atoms with E-state index in [0.29, 0.717) is 17.7 Å². The summed E-state index contributed by atoms with van der Waals surface area (Å²) in [5.74, 6) is -6.31. The van der Waals surface area contributed by atoms with Crippen LogP contribution in [-0.4, -0.2) is 136 Å². The molecule has 0 radical (unpaired) electrons. The van der Waals surface area contributed by atoms with E-state index in [4.69, 9.17) is 24.6 Å². The smallest absolute Gasteiger partial charge is 0.323 e. The highest BCUT2D eigenvalue weighted by Crippen LogP contribution is 2.27. The fourth-order valence-electron chi connectivity index (χ4n) is 6.52. The van der Waals surface area contributed by atoms with Crippen LogP contribution in [0, 0.1) is 13.8 Å². The Kier molecular flexibility index (Phi) is 18.7. The number of carbonyl (C=O) groups excluding carboxylic acids is 4. The summed E-state index contributed by atoms with van der Waals surface area (Å²) in [6, 6.07) is 4.89. The molecule has 0 saturated carbocycles. The van der Waals surface area contributed by atoms with Crippen LogP contribution >= 0.6 is 11.3 Å². The molecule has 0 bridgehead atoms. The minimum atomic E-state index is -4.82. The predicted molar refractivity (Wildman–Crippen MR) is 236 cm³/mol. The van der Waals surface area contributed by atoms with E-state index in [0.717, 1.165) is 35.8 Å². The highest BCUT2D eigenvalue weighted by Gasteiger charge is 2.31. The van der Waals surface area contributed by atoms with Gasteiger partial charge in [-0.3, -0.25) is 33.1 Å². The number of nitrogens with two attached hydrogens (primary N) is 1. The van der Waals surface area contributed by atoms with Crippen LogP contribution in [0.5, 0.6) is 5.75 Å². The molecule has 4 amide bonds. The van der Waals surface area contributed by atoms with Crippen LogP contribution < -0.4 is 41.8 Å². The number of aromatic nitrogens is 1. The molecule has 0 fully saturated rings. The summed E-state index contributed by atoms with van der Waals surface area (Å²) in [5, 5.41) is 22.3. The lowest BCUT2D eigenvalue weighted by Gasteiger charge is -2.19. The number of amides is 4. The standard InChI is InChI=1S/C38H52N8O15S4/c1-22-17-26(61-16-4-6-32(47)40-14-15-42-36(49)30(21-64(56,57)58)45-35(48)28(39)20-63(53,54)55)18-23(2)33(22)65(59,60)46-29(38(51)52)19-43-37(50)31-12-11-27(62-31)10-9-25-8-7-24-5-3-13-41-34(24)44-25/h7-8,11-12,17-18,28-30,46H,3-6,9-10,13-16,19-21,39H2,1-2H3,(H,40,47)(H,41,44)(H,42,49)(H,43,50)(H,45,48)(H,51,52)(H,53,54,55)(H,56,57,58)/t28-,29-,30-/m0/s1. The second kappa shape index (κ2) is 23.2. The molecule has 3 aromatic rings. The molecule has 0 spiro atoms. The van der Waals surface area contributed by atoms with Crippen LogP contribution in [0.3, 0.4) is 0 Å². The summed E-state index contributed by atoms with van der Waals surface area (Å²) >= 11 is 1.25. The number of fused-ring (bicyclic) bond motifs is 1. The number of hydrogen-bond donors (Lipinski definition) is 10. The molecule has 65 heavy (non-hydrogen) atoms. The van der Waals surface area contributed by atoms with E-state index in [-0.39, 0.29) is 54.3 Å². The number of anilines is 1. The topological polar surface area (TPSA) is 369 Å². The van der Waals surface area contributed by atoms with Crippen LogP contribution in [0.1, 0.15) is 56.2 Å². The van der Waals surface area contributed by atoms with E-state index in [9.17, 15) is 54.3 Å². The summed E-state index contributed by atoms with van der Waals surface area (Å²) in [5.41, 5.74) is 7.93. The molecule has 358 valence electrons. The number of carboxylic acid groups (broad SMARTS) is 1. The largest absolute Gasteiger partial charge is 0.494 e. The molecule has 27 heteroatoms. The van der Waals surface area contributed by atoms with Gasteiger partial charge in [0.15, 0.2) is 0 Å². The monoisotopic (exact) mass is 988 g/mol. The minimum Gasteiger partial charge on any atom is -0.494 e. The minimum absolute atomic E-state index is 0.0141. The zero-order chi connectivity index (χ0) is 48.1. The Hall–Kier alpha value is -5.29. The van der Waals surface area contributed by atoms with Gasteiger partial charge in [-0.05, 0) is 93.0 Å². The highest BCUT2D eigenvalue weighted by molar-refractivity contribution is 7.89. The first-order valence-corrected chi connectivity index (χ1v) is 25.5. The van der Waals surface area contributed by atoms with Gasteiger partial charge in [0.25, 0.3) is 26.1 Å². The Bertz CT molecular complexity index is 2550. The number of nitrogens with one attached hydrogen (secondary N) is 6. The van der Waals surface area contributed by atoms with Crippen LogP contribution in [0.4, 0.5) is 5.82 Å². The highest BCUT2D eigenvalue weighted by atomic mass is 32.2. The lowest BCUT2D eigenvalue weighted by atomic mass is 10.1. The van der Waals surface area contributed by atoms with E-state index in [2.05, 4.69) is 32.1 Å². The number of carbonyl (C=O) groups is 5. The second-order valence-corrected chi connectivity index (χ2v) is 20.8. The Morgan fingerprint density at radius 2 is 1.55 bits per heavy atom. The zero-order valence-electron chi connectivity index (χ0n) is 35.3. The van der Waals surface area contributed by atoms with Crippen molar-refractivity contribution < 1.29 is 68.2 Å². The van der Waals surface area contributed by atoms with Gasteiger partial charge in [0.05, 0.1) is 22.1 Å². The Morgan fingerprint density at radius 1 is 0.877 bits per heavy atom. The van der Waals surface area contributed by atoms with Crippen LogP contribution in [-0.2, 0) is 68.7 Å². The van der Waals surface area contributed by atoms with Crippen molar-refractivity contribution in [2.45, 2.75) is 75.4 Å². The molecule has 2 aromatic heterocycles. The molecule has 0 unspecified atom stereocenters. The number of pyridine rings is 1. The van der Waals surface area contributed by atoms with Crippen LogP contribution in [0.25, 0.3) is 0 Å². The number of hydrogen-bond acceptors (Lipinski definition) is 16. The molecule has 1 aromatic carbocycles. The lowest BCUT2D eigenvalue weighted by Crippen LogP contribution is -2.56. The van der Waals surface area contributed by atoms with Crippen molar-refractivity contribution in [1.82, 2.24) is 31.0 Å². The Morgan fingerprint density at radius 3 is 2.22 bits per heavy atom. The van der Waals surface area contributed by atoms with Crippen molar-refractivity contribution in [3.63, 3.8) is 0 Å². The molecule has 0 saturated heterocycles. The van der Waals surface area contributed by atoms with Crippen molar-refractivity contribution in [3.05, 3.63) is 68.5 Å². The molecular formula is C38H52N8O15S4. The first kappa shape index (κ1) is 52.3. The Balaban J connectivity index is 1.20. The van der Waals surface area contributed by atoms with E-state index in [1.54, 1.807) is 6.07 Å². The van der Waals surface area contributed by atoms with Gasteiger partial charge in [-0.15, -0.1) is 11.3 Å². The van der Waals surface area contributed by atoms with Gasteiger partial charge in [-0.2, -0.15) is 21.6 Å². The quantitative estimate of drug-likeness (QED) is 0.0361. The van der Waals surface area contributed by atoms with Crippen molar-refractivity contribution in [1.29, 1.82) is 0 Å². The SMILES string of the molecule is Cc1cc(OCCCC(=O)NCCNC(=O)[C@H](CS(=O)(=O)O)NC(=O)[C@@H](N)CS(=O)(=O)O)cc(C)c1S(=O)(=O)N[C@@H](CNC(=O)c1ccc(CCc2ccc3c(n2)NCCC3)s1)C(=O)O. The summed E-state index contributed by atoms with van der Waals surface area (Å²) in [7, 11) is -13.9. The molecule has 3 heterocycles. The molecule has 23 nitrogen and oxygen atoms in total. The van der Waals surface area contributed by atoms with Crippen molar-refractivity contribution >= 4 is 77.0 Å². The maximum Gasteiger partial charge on any atom is 0.323 e. The summed E-state index contributed by atoms with van der Waals surface area (Å²) < 4.78 is 97.6.